The van der Waals surface area contributed by atoms with Crippen LogP contribution in [0.1, 0.15) is 38.9 Å². The normalized spacial score (nSPS) is 14.9. The molecule has 1 aromatic rings. The minimum atomic E-state index is -2.04. The Morgan fingerprint density at radius 2 is 1.83 bits per heavy atom. The van der Waals surface area contributed by atoms with Crippen molar-refractivity contribution in [3.63, 3.8) is 0 Å². The van der Waals surface area contributed by atoms with Crippen molar-refractivity contribution in [1.29, 1.82) is 0 Å². The van der Waals surface area contributed by atoms with Gasteiger partial charge in [0.1, 0.15) is 0 Å². The number of esters is 1. The van der Waals surface area contributed by atoms with Crippen LogP contribution in [0, 0.1) is 5.92 Å². The monoisotopic (exact) mass is 334 g/mol. The van der Waals surface area contributed by atoms with Crippen LogP contribution >= 0.6 is 0 Å². The summed E-state index contributed by atoms with van der Waals surface area (Å²) < 4.78 is 11.6. The molecule has 1 rings (SSSR count). The molecular formula is C19H30O3Si. The standard InChI is InChI=1S/C19H30O3Si/c1-8-12-16(18(20)21-5)17(15-13-10-9-11-14-15)22-23(6,7)19(2,3)4/h8-11,13-14,16-17H,1,12H2,2-7H3/t16-,17-/m0/s1. The van der Waals surface area contributed by atoms with Crippen molar-refractivity contribution in [2.45, 2.75) is 51.4 Å². The van der Waals surface area contributed by atoms with Crippen LogP contribution in [0.25, 0.3) is 0 Å². The first-order valence-corrected chi connectivity index (χ1v) is 11.0. The Balaban J connectivity index is 3.26. The molecule has 2 atom stereocenters. The van der Waals surface area contributed by atoms with E-state index >= 15 is 0 Å². The second-order valence-corrected chi connectivity index (χ2v) is 12.1. The molecule has 0 aliphatic heterocycles. The fourth-order valence-corrected chi connectivity index (χ4v) is 3.48. The van der Waals surface area contributed by atoms with E-state index in [1.54, 1.807) is 6.08 Å². The molecule has 3 nitrogen and oxygen atoms in total. The Morgan fingerprint density at radius 1 is 1.26 bits per heavy atom. The van der Waals surface area contributed by atoms with Gasteiger partial charge in [0, 0.05) is 0 Å². The largest absolute Gasteiger partial charge is 0.469 e. The third kappa shape index (κ3) is 5.04. The van der Waals surface area contributed by atoms with Crippen LogP contribution in [0.4, 0.5) is 0 Å². The SMILES string of the molecule is C=CC[C@H](C(=O)OC)[C@@H](O[Si](C)(C)C(C)(C)C)c1ccccc1. The van der Waals surface area contributed by atoms with Crippen LogP contribution in [-0.2, 0) is 14.0 Å². The average Bonchev–Trinajstić information content (AvgIpc) is 2.49. The van der Waals surface area contributed by atoms with Crippen LogP contribution in [-0.4, -0.2) is 21.4 Å². The Morgan fingerprint density at radius 3 is 2.26 bits per heavy atom. The van der Waals surface area contributed by atoms with E-state index in [4.69, 9.17) is 9.16 Å². The number of carbonyl (C=O) groups excluding carboxylic acids is 1. The van der Waals surface area contributed by atoms with Crippen molar-refractivity contribution in [2.75, 3.05) is 7.11 Å². The minimum absolute atomic E-state index is 0.0644. The predicted molar refractivity (Wildman–Crippen MR) is 97.8 cm³/mol. The number of methoxy groups -OCH3 is 1. The summed E-state index contributed by atoms with van der Waals surface area (Å²) in [5.74, 6) is -0.633. The van der Waals surface area contributed by atoms with E-state index in [-0.39, 0.29) is 23.0 Å². The summed E-state index contributed by atoms with van der Waals surface area (Å²) in [5, 5.41) is 0.0644. The van der Waals surface area contributed by atoms with E-state index in [0.717, 1.165) is 5.56 Å². The molecule has 0 fully saturated rings. The van der Waals surface area contributed by atoms with E-state index in [0.29, 0.717) is 6.42 Å². The number of hydrogen-bond acceptors (Lipinski definition) is 3. The van der Waals surface area contributed by atoms with Gasteiger partial charge in [0.15, 0.2) is 8.32 Å². The van der Waals surface area contributed by atoms with E-state index in [2.05, 4.69) is 40.4 Å². The topological polar surface area (TPSA) is 35.5 Å². The van der Waals surface area contributed by atoms with E-state index in [9.17, 15) is 4.79 Å². The maximum absolute atomic E-state index is 12.3. The van der Waals surface area contributed by atoms with Gasteiger partial charge in [-0.2, -0.15) is 0 Å². The minimum Gasteiger partial charge on any atom is -0.469 e. The van der Waals surface area contributed by atoms with Gasteiger partial charge in [-0.1, -0.05) is 57.2 Å². The van der Waals surface area contributed by atoms with Crippen molar-refractivity contribution >= 4 is 14.3 Å². The highest BCUT2D eigenvalue weighted by Gasteiger charge is 2.42. The second kappa shape index (κ2) is 7.93. The predicted octanol–water partition coefficient (Wildman–Crippen LogP) is 5.11. The summed E-state index contributed by atoms with van der Waals surface area (Å²) in [6.45, 7) is 14.8. The molecule has 0 aromatic heterocycles. The summed E-state index contributed by atoms with van der Waals surface area (Å²) in [6, 6.07) is 9.93. The lowest BCUT2D eigenvalue weighted by molar-refractivity contribution is -0.149. The van der Waals surface area contributed by atoms with Crippen molar-refractivity contribution in [3.05, 3.63) is 48.6 Å². The van der Waals surface area contributed by atoms with Gasteiger partial charge in [0.25, 0.3) is 0 Å². The molecule has 128 valence electrons. The molecule has 0 aliphatic rings. The van der Waals surface area contributed by atoms with Crippen molar-refractivity contribution in [3.8, 4) is 0 Å². The fourth-order valence-electron chi connectivity index (χ4n) is 2.19. The zero-order valence-electron chi connectivity index (χ0n) is 15.3. The maximum atomic E-state index is 12.3. The van der Waals surface area contributed by atoms with Crippen molar-refractivity contribution < 1.29 is 14.0 Å². The summed E-state index contributed by atoms with van der Waals surface area (Å²) in [7, 11) is -0.620. The highest BCUT2D eigenvalue weighted by Crippen LogP contribution is 2.42. The molecule has 4 heteroatoms. The molecule has 0 saturated heterocycles. The molecule has 0 saturated carbocycles. The van der Waals surface area contributed by atoms with Gasteiger partial charge >= 0.3 is 5.97 Å². The fraction of sp³-hybridized carbons (Fsp3) is 0.526. The van der Waals surface area contributed by atoms with Crippen molar-refractivity contribution in [1.82, 2.24) is 0 Å². The van der Waals surface area contributed by atoms with Gasteiger partial charge in [-0.15, -0.1) is 6.58 Å². The third-order valence-electron chi connectivity index (χ3n) is 4.65. The summed E-state index contributed by atoms with van der Waals surface area (Å²) >= 11 is 0. The molecule has 23 heavy (non-hydrogen) atoms. The Hall–Kier alpha value is -1.39. The number of benzene rings is 1. The number of carbonyl (C=O) groups is 1. The molecule has 0 aliphatic carbocycles. The molecule has 0 spiro atoms. The molecule has 0 amide bonds. The van der Waals surface area contributed by atoms with Crippen molar-refractivity contribution in [2.24, 2.45) is 5.92 Å². The lowest BCUT2D eigenvalue weighted by atomic mass is 9.93. The zero-order chi connectivity index (χ0) is 17.7. The summed E-state index contributed by atoms with van der Waals surface area (Å²) in [6.07, 6.45) is 1.97. The maximum Gasteiger partial charge on any atom is 0.311 e. The molecule has 1 aromatic carbocycles. The number of allylic oxidation sites excluding steroid dienone is 1. The van der Waals surface area contributed by atoms with Crippen LogP contribution in [0.2, 0.25) is 18.1 Å². The Labute approximate surface area is 141 Å². The Kier molecular flexibility index (Phi) is 6.78. The van der Waals surface area contributed by atoms with Gasteiger partial charge in [0.2, 0.25) is 0 Å². The van der Waals surface area contributed by atoms with Crippen LogP contribution in [0.3, 0.4) is 0 Å². The highest BCUT2D eigenvalue weighted by molar-refractivity contribution is 6.74. The summed E-state index contributed by atoms with van der Waals surface area (Å²) in [4.78, 5) is 12.3. The van der Waals surface area contributed by atoms with Crippen LogP contribution < -0.4 is 0 Å². The Bertz CT molecular complexity index is 517. The van der Waals surface area contributed by atoms with Gasteiger partial charge in [-0.3, -0.25) is 4.79 Å². The van der Waals surface area contributed by atoms with Gasteiger partial charge < -0.3 is 9.16 Å². The lowest BCUT2D eigenvalue weighted by Gasteiger charge is -2.41. The molecule has 0 heterocycles. The van der Waals surface area contributed by atoms with Gasteiger partial charge in [-0.25, -0.2) is 0 Å². The van der Waals surface area contributed by atoms with E-state index in [1.807, 2.05) is 30.3 Å². The first kappa shape index (κ1) is 19.7. The third-order valence-corrected chi connectivity index (χ3v) is 9.10. The number of hydrogen-bond donors (Lipinski definition) is 0. The lowest BCUT2D eigenvalue weighted by Crippen LogP contribution is -2.44. The second-order valence-electron chi connectivity index (χ2n) is 7.36. The molecule has 0 unspecified atom stereocenters. The number of ether oxygens (including phenoxy) is 1. The quantitative estimate of drug-likeness (QED) is 0.395. The first-order chi connectivity index (χ1) is 10.6. The van der Waals surface area contributed by atoms with Gasteiger partial charge in [-0.05, 0) is 30.1 Å². The highest BCUT2D eigenvalue weighted by atomic mass is 28.4. The smallest absolute Gasteiger partial charge is 0.311 e. The van der Waals surface area contributed by atoms with Crippen LogP contribution in [0.5, 0.6) is 0 Å². The zero-order valence-corrected chi connectivity index (χ0v) is 16.3. The van der Waals surface area contributed by atoms with Crippen LogP contribution in [0.15, 0.2) is 43.0 Å². The molecule has 0 radical (unpaired) electrons. The first-order valence-electron chi connectivity index (χ1n) is 8.05. The number of rotatable bonds is 7. The molecule has 0 bridgehead atoms. The average molecular weight is 335 g/mol. The van der Waals surface area contributed by atoms with E-state index < -0.39 is 8.32 Å². The summed E-state index contributed by atoms with van der Waals surface area (Å²) in [5.41, 5.74) is 1.01. The molecule has 0 N–H and O–H groups in total. The van der Waals surface area contributed by atoms with Gasteiger partial charge in [0.05, 0.1) is 19.1 Å². The van der Waals surface area contributed by atoms with E-state index in [1.165, 1.54) is 7.11 Å². The molecular weight excluding hydrogens is 304 g/mol.